The van der Waals surface area contributed by atoms with Crippen molar-refractivity contribution in [3.05, 3.63) is 30.1 Å². The summed E-state index contributed by atoms with van der Waals surface area (Å²) in [5, 5.41) is 0. The third-order valence-electron chi connectivity index (χ3n) is 4.28. The lowest BCUT2D eigenvalue weighted by Crippen LogP contribution is -2.54. The monoisotopic (exact) mass is 332 g/mol. The number of aromatic nitrogens is 1. The standard InChI is InChI=1S/C17H24N4O3/c1-3-19(9-6-15-4-7-18-8-5-15)16(23)17(24)21-12-10-20(11-13-21)14(2)22/h4-5,7-8H,3,6,9-13H2,1-2H3. The van der Waals surface area contributed by atoms with Crippen LogP contribution in [0.25, 0.3) is 0 Å². The van der Waals surface area contributed by atoms with Crippen molar-refractivity contribution in [1.29, 1.82) is 0 Å². The van der Waals surface area contributed by atoms with E-state index < -0.39 is 11.8 Å². The smallest absolute Gasteiger partial charge is 0.312 e. The second kappa shape index (κ2) is 8.42. The first-order valence-electron chi connectivity index (χ1n) is 8.25. The normalized spacial score (nSPS) is 14.4. The van der Waals surface area contributed by atoms with Crippen molar-refractivity contribution in [2.45, 2.75) is 20.3 Å². The van der Waals surface area contributed by atoms with Crippen LogP contribution in [0.2, 0.25) is 0 Å². The number of hydrogen-bond acceptors (Lipinski definition) is 4. The van der Waals surface area contributed by atoms with Gasteiger partial charge in [-0.25, -0.2) is 0 Å². The van der Waals surface area contributed by atoms with Crippen molar-refractivity contribution in [3.8, 4) is 0 Å². The molecule has 0 bridgehead atoms. The Kier molecular flexibility index (Phi) is 6.28. The topological polar surface area (TPSA) is 73.8 Å². The molecule has 7 heteroatoms. The van der Waals surface area contributed by atoms with E-state index in [0.29, 0.717) is 45.7 Å². The zero-order valence-corrected chi connectivity index (χ0v) is 14.3. The zero-order chi connectivity index (χ0) is 17.5. The van der Waals surface area contributed by atoms with Gasteiger partial charge in [0.05, 0.1) is 0 Å². The van der Waals surface area contributed by atoms with E-state index in [9.17, 15) is 14.4 Å². The maximum absolute atomic E-state index is 12.5. The number of nitrogens with zero attached hydrogens (tertiary/aromatic N) is 4. The number of piperazine rings is 1. The Morgan fingerprint density at radius 3 is 2.21 bits per heavy atom. The van der Waals surface area contributed by atoms with Gasteiger partial charge in [0.1, 0.15) is 0 Å². The molecule has 1 aliphatic rings. The Balaban J connectivity index is 1.88. The second-order valence-electron chi connectivity index (χ2n) is 5.79. The van der Waals surface area contributed by atoms with Crippen LogP contribution in [0.15, 0.2) is 24.5 Å². The summed E-state index contributed by atoms with van der Waals surface area (Å²) in [5.41, 5.74) is 1.08. The van der Waals surface area contributed by atoms with Crippen molar-refractivity contribution in [3.63, 3.8) is 0 Å². The van der Waals surface area contributed by atoms with Crippen molar-refractivity contribution in [2.75, 3.05) is 39.3 Å². The predicted octanol–water partition coefficient (Wildman–Crippen LogP) is 0.163. The van der Waals surface area contributed by atoms with Crippen LogP contribution < -0.4 is 0 Å². The molecular weight excluding hydrogens is 308 g/mol. The number of hydrogen-bond donors (Lipinski definition) is 0. The fourth-order valence-corrected chi connectivity index (χ4v) is 2.71. The second-order valence-corrected chi connectivity index (χ2v) is 5.79. The minimum absolute atomic E-state index is 0.000890. The molecule has 1 saturated heterocycles. The first kappa shape index (κ1) is 17.9. The third kappa shape index (κ3) is 4.53. The van der Waals surface area contributed by atoms with Crippen LogP contribution in [-0.4, -0.2) is 76.7 Å². The van der Waals surface area contributed by atoms with Crippen LogP contribution in [0, 0.1) is 0 Å². The highest BCUT2D eigenvalue weighted by molar-refractivity contribution is 6.34. The van der Waals surface area contributed by atoms with E-state index in [-0.39, 0.29) is 5.91 Å². The van der Waals surface area contributed by atoms with E-state index in [4.69, 9.17) is 0 Å². The van der Waals surface area contributed by atoms with Gasteiger partial charge in [0.25, 0.3) is 0 Å². The molecule has 0 aromatic carbocycles. The highest BCUT2D eigenvalue weighted by Gasteiger charge is 2.29. The van der Waals surface area contributed by atoms with Crippen molar-refractivity contribution >= 4 is 17.7 Å². The summed E-state index contributed by atoms with van der Waals surface area (Å²) in [6.07, 6.45) is 4.12. The highest BCUT2D eigenvalue weighted by Crippen LogP contribution is 2.06. The molecule has 130 valence electrons. The molecule has 24 heavy (non-hydrogen) atoms. The minimum Gasteiger partial charge on any atom is -0.339 e. The molecule has 0 radical (unpaired) electrons. The molecule has 1 aromatic rings. The van der Waals surface area contributed by atoms with Gasteiger partial charge < -0.3 is 14.7 Å². The molecule has 0 N–H and O–H groups in total. The van der Waals surface area contributed by atoms with Gasteiger partial charge >= 0.3 is 11.8 Å². The molecule has 0 spiro atoms. The predicted molar refractivity (Wildman–Crippen MR) is 89.0 cm³/mol. The molecule has 1 fully saturated rings. The van der Waals surface area contributed by atoms with Gasteiger partial charge in [-0.15, -0.1) is 0 Å². The average molecular weight is 332 g/mol. The molecule has 0 aliphatic carbocycles. The fraction of sp³-hybridized carbons (Fsp3) is 0.529. The Morgan fingerprint density at radius 2 is 1.67 bits per heavy atom. The number of likely N-dealkylation sites (N-methyl/N-ethyl adjacent to an activating group) is 1. The largest absolute Gasteiger partial charge is 0.339 e. The molecule has 0 atom stereocenters. The molecule has 7 nitrogen and oxygen atoms in total. The summed E-state index contributed by atoms with van der Waals surface area (Å²) in [5.74, 6) is -0.946. The summed E-state index contributed by atoms with van der Waals surface area (Å²) in [6, 6.07) is 3.81. The Morgan fingerprint density at radius 1 is 1.08 bits per heavy atom. The van der Waals surface area contributed by atoms with Gasteiger partial charge in [-0.05, 0) is 31.0 Å². The molecule has 2 rings (SSSR count). The average Bonchev–Trinajstić information content (AvgIpc) is 2.62. The van der Waals surface area contributed by atoms with Crippen LogP contribution in [0.1, 0.15) is 19.4 Å². The minimum atomic E-state index is -0.477. The molecule has 1 aromatic heterocycles. The van der Waals surface area contributed by atoms with Crippen LogP contribution in [0.4, 0.5) is 0 Å². The quantitative estimate of drug-likeness (QED) is 0.737. The highest BCUT2D eigenvalue weighted by atomic mass is 16.2. The fourth-order valence-electron chi connectivity index (χ4n) is 2.71. The van der Waals surface area contributed by atoms with Gasteiger partial charge in [0, 0.05) is 58.6 Å². The van der Waals surface area contributed by atoms with Crippen molar-refractivity contribution in [1.82, 2.24) is 19.7 Å². The third-order valence-corrected chi connectivity index (χ3v) is 4.28. The lowest BCUT2D eigenvalue weighted by atomic mass is 10.2. The lowest BCUT2D eigenvalue weighted by molar-refractivity contribution is -0.153. The van der Waals surface area contributed by atoms with Crippen molar-refractivity contribution in [2.24, 2.45) is 0 Å². The lowest BCUT2D eigenvalue weighted by Gasteiger charge is -2.34. The Hall–Kier alpha value is -2.44. The zero-order valence-electron chi connectivity index (χ0n) is 14.3. The first-order valence-corrected chi connectivity index (χ1v) is 8.25. The van der Waals surface area contributed by atoms with E-state index >= 15 is 0 Å². The van der Waals surface area contributed by atoms with Crippen LogP contribution in [0.5, 0.6) is 0 Å². The Labute approximate surface area is 142 Å². The molecule has 3 amide bonds. The van der Waals surface area contributed by atoms with Crippen LogP contribution >= 0.6 is 0 Å². The molecule has 0 unspecified atom stereocenters. The summed E-state index contributed by atoms with van der Waals surface area (Å²) in [7, 11) is 0. The molecule has 0 saturated carbocycles. The van der Waals surface area contributed by atoms with Gasteiger partial charge in [-0.3, -0.25) is 19.4 Å². The summed E-state index contributed by atoms with van der Waals surface area (Å²) >= 11 is 0. The van der Waals surface area contributed by atoms with E-state index in [1.165, 1.54) is 11.8 Å². The van der Waals surface area contributed by atoms with E-state index in [1.54, 1.807) is 22.2 Å². The van der Waals surface area contributed by atoms with Gasteiger partial charge in [0.15, 0.2) is 0 Å². The van der Waals surface area contributed by atoms with Crippen LogP contribution in [0.3, 0.4) is 0 Å². The summed E-state index contributed by atoms with van der Waals surface area (Å²) in [4.78, 5) is 45.0. The van der Waals surface area contributed by atoms with Gasteiger partial charge in [-0.2, -0.15) is 0 Å². The number of carbonyl (C=O) groups is 3. The van der Waals surface area contributed by atoms with Crippen molar-refractivity contribution < 1.29 is 14.4 Å². The van der Waals surface area contributed by atoms with E-state index in [0.717, 1.165) is 5.56 Å². The maximum atomic E-state index is 12.5. The number of amides is 3. The molecular formula is C17H24N4O3. The SMILES string of the molecule is CCN(CCc1ccncc1)C(=O)C(=O)N1CCN(C(C)=O)CC1. The molecule has 2 heterocycles. The van der Waals surface area contributed by atoms with E-state index in [2.05, 4.69) is 4.98 Å². The number of carbonyl (C=O) groups excluding carboxylic acids is 3. The Bertz CT molecular complexity index is 583. The first-order chi connectivity index (χ1) is 11.5. The number of pyridine rings is 1. The van der Waals surface area contributed by atoms with E-state index in [1.807, 2.05) is 19.1 Å². The maximum Gasteiger partial charge on any atom is 0.312 e. The van der Waals surface area contributed by atoms with Crippen LogP contribution in [-0.2, 0) is 20.8 Å². The van der Waals surface area contributed by atoms with Gasteiger partial charge in [-0.1, -0.05) is 0 Å². The number of rotatable bonds is 4. The van der Waals surface area contributed by atoms with Gasteiger partial charge in [0.2, 0.25) is 5.91 Å². The summed E-state index contributed by atoms with van der Waals surface area (Å²) in [6.45, 7) is 6.15. The molecule has 1 aliphatic heterocycles. The summed E-state index contributed by atoms with van der Waals surface area (Å²) < 4.78 is 0.